The number of H-pyrrole nitrogens is 1. The Kier molecular flexibility index (Phi) is 9.45. The second kappa shape index (κ2) is 13.3. The van der Waals surface area contributed by atoms with E-state index >= 15 is 0 Å². The van der Waals surface area contributed by atoms with Crippen molar-refractivity contribution in [2.45, 2.75) is 31.9 Å². The van der Waals surface area contributed by atoms with Crippen LogP contribution < -0.4 is 10.2 Å². The Balaban J connectivity index is 0.000000559. The Hall–Kier alpha value is -5.07. The minimum atomic E-state index is -5.08. The number of anilines is 2. The largest absolute Gasteiger partial charge is 0.490 e. The summed E-state index contributed by atoms with van der Waals surface area (Å²) in [6.45, 7) is 2.64. The molecule has 0 aliphatic carbocycles. The van der Waals surface area contributed by atoms with Crippen molar-refractivity contribution >= 4 is 39.9 Å². The first-order chi connectivity index (χ1) is 22.2. The topological polar surface area (TPSA) is 134 Å². The van der Waals surface area contributed by atoms with Crippen LogP contribution in [0.5, 0.6) is 0 Å². The average molecular weight is 673 g/mol. The number of carboxylic acids is 1. The molecule has 4 heterocycles. The highest BCUT2D eigenvalue weighted by atomic mass is 19.4. The highest BCUT2D eigenvalue weighted by molar-refractivity contribution is 5.84. The van der Waals surface area contributed by atoms with E-state index in [1.165, 1.54) is 12.1 Å². The number of carboxylic acid groups (broad SMARTS) is 1. The van der Waals surface area contributed by atoms with Gasteiger partial charge in [0, 0.05) is 19.6 Å². The van der Waals surface area contributed by atoms with Crippen molar-refractivity contribution in [2.24, 2.45) is 0 Å². The number of carbonyl (C=O) groups is 1. The molecule has 6 rings (SSSR count). The van der Waals surface area contributed by atoms with Gasteiger partial charge in [-0.3, -0.25) is 0 Å². The van der Waals surface area contributed by atoms with Gasteiger partial charge in [0.25, 0.3) is 0 Å². The lowest BCUT2D eigenvalue weighted by Gasteiger charge is -2.27. The summed E-state index contributed by atoms with van der Waals surface area (Å²) < 4.78 is 106. The number of fused-ring (bicyclic) bond motifs is 2. The highest BCUT2D eigenvalue weighted by Crippen LogP contribution is 2.30. The Morgan fingerprint density at radius 1 is 1.00 bits per heavy atom. The lowest BCUT2D eigenvalue weighted by molar-refractivity contribution is -0.192. The number of benzene rings is 2. The van der Waals surface area contributed by atoms with Crippen molar-refractivity contribution in [3.63, 3.8) is 0 Å². The normalized spacial score (nSPS) is 13.9. The molecule has 5 aromatic rings. The molecule has 11 nitrogen and oxygen atoms in total. The zero-order valence-electron chi connectivity index (χ0n) is 24.0. The smallest absolute Gasteiger partial charge is 0.475 e. The number of halogens is 8. The molecular formula is C28H24F8N8O3. The van der Waals surface area contributed by atoms with Crippen LogP contribution in [0, 0.1) is 11.6 Å². The van der Waals surface area contributed by atoms with E-state index in [9.17, 15) is 35.1 Å². The summed E-state index contributed by atoms with van der Waals surface area (Å²) in [6, 6.07) is 7.67. The second-order valence-corrected chi connectivity index (χ2v) is 10.1. The van der Waals surface area contributed by atoms with Gasteiger partial charge in [-0.05, 0) is 30.2 Å². The molecule has 0 saturated carbocycles. The fourth-order valence-electron chi connectivity index (χ4n) is 4.60. The molecule has 0 unspecified atom stereocenters. The van der Waals surface area contributed by atoms with Crippen molar-refractivity contribution in [1.82, 2.24) is 29.5 Å². The van der Waals surface area contributed by atoms with Gasteiger partial charge in [-0.2, -0.15) is 36.3 Å². The molecule has 0 radical (unpaired) electrons. The third-order valence-corrected chi connectivity index (χ3v) is 6.90. The van der Waals surface area contributed by atoms with Crippen molar-refractivity contribution in [2.75, 3.05) is 36.5 Å². The number of rotatable bonds is 7. The Bertz CT molecular complexity index is 1880. The summed E-state index contributed by atoms with van der Waals surface area (Å²) in [5.41, 5.74) is 1.05. The van der Waals surface area contributed by atoms with Gasteiger partial charge in [0.15, 0.2) is 28.6 Å². The third kappa shape index (κ3) is 7.84. The number of aliphatic carboxylic acids is 1. The Morgan fingerprint density at radius 3 is 2.40 bits per heavy atom. The standard InChI is InChI=1S/C26H23F5N8O.C2HF3O2/c27-17-4-5-18-21(20(17)28)35-19(34-18)13-32-23-22-24(37-25(36-23)38-8-10-40-11-9-38)39(14-33-22)7-6-15-2-1-3-16(12-15)26(29,30)31;3-2(4,5)1(6)7/h1-5,12,14H,6-11,13H2,(H,34,35)(H,32,36,37);(H,6,7). The van der Waals surface area contributed by atoms with E-state index < -0.39 is 35.5 Å². The predicted octanol–water partition coefficient (Wildman–Crippen LogP) is 5.32. The molecule has 1 aliphatic heterocycles. The number of nitrogens with zero attached hydrogens (tertiary/aromatic N) is 6. The maximum Gasteiger partial charge on any atom is 0.490 e. The Morgan fingerprint density at radius 2 is 1.72 bits per heavy atom. The molecule has 1 saturated heterocycles. The van der Waals surface area contributed by atoms with Gasteiger partial charge < -0.3 is 29.6 Å². The number of nitrogens with one attached hydrogen (secondary N) is 2. The number of aromatic amines is 1. The number of aromatic nitrogens is 6. The summed E-state index contributed by atoms with van der Waals surface area (Å²) in [7, 11) is 0. The SMILES string of the molecule is Fc1ccc2[nH]c(CNc3nc(N4CCOCC4)nc4c3ncn4CCc3cccc(C(F)(F)F)c3)nc2c1F.O=C(O)C(F)(F)F. The molecule has 0 amide bonds. The molecule has 1 aliphatic rings. The second-order valence-electron chi connectivity index (χ2n) is 10.1. The van der Waals surface area contributed by atoms with Crippen LogP contribution in [0.1, 0.15) is 17.0 Å². The van der Waals surface area contributed by atoms with E-state index in [2.05, 4.69) is 25.3 Å². The number of ether oxygens (including phenoxy) is 1. The monoisotopic (exact) mass is 672 g/mol. The predicted molar refractivity (Wildman–Crippen MR) is 151 cm³/mol. The summed E-state index contributed by atoms with van der Waals surface area (Å²) in [5.74, 6) is -3.57. The maximum absolute atomic E-state index is 14.1. The van der Waals surface area contributed by atoms with Gasteiger partial charge in [-0.15, -0.1) is 0 Å². The number of alkyl halides is 6. The van der Waals surface area contributed by atoms with Crippen molar-refractivity contribution in [3.05, 3.63) is 71.3 Å². The van der Waals surface area contributed by atoms with Crippen LogP contribution in [0.4, 0.5) is 46.9 Å². The summed E-state index contributed by atoms with van der Waals surface area (Å²) in [4.78, 5) is 31.9. The van der Waals surface area contributed by atoms with Gasteiger partial charge in [0.05, 0.1) is 37.2 Å². The van der Waals surface area contributed by atoms with E-state index in [0.717, 1.165) is 18.2 Å². The van der Waals surface area contributed by atoms with Crippen molar-refractivity contribution < 1.29 is 49.8 Å². The van der Waals surface area contributed by atoms with Gasteiger partial charge >= 0.3 is 18.3 Å². The molecule has 0 bridgehead atoms. The number of imidazole rings is 2. The van der Waals surface area contributed by atoms with Crippen LogP contribution in [0.3, 0.4) is 0 Å². The van der Waals surface area contributed by atoms with Crippen LogP contribution in [0.15, 0.2) is 42.7 Å². The molecule has 3 N–H and O–H groups in total. The van der Waals surface area contributed by atoms with Gasteiger partial charge in [0.1, 0.15) is 11.3 Å². The van der Waals surface area contributed by atoms with E-state index in [1.54, 1.807) is 17.0 Å². The van der Waals surface area contributed by atoms with Crippen LogP contribution in [0.25, 0.3) is 22.2 Å². The number of aryl methyl sites for hydroxylation is 2. The molecule has 19 heteroatoms. The minimum absolute atomic E-state index is 0.0995. The molecule has 250 valence electrons. The zero-order chi connectivity index (χ0) is 33.9. The zero-order valence-corrected chi connectivity index (χ0v) is 24.0. The van der Waals surface area contributed by atoms with E-state index in [-0.39, 0.29) is 12.1 Å². The molecule has 0 spiro atoms. The maximum atomic E-state index is 14.1. The lowest BCUT2D eigenvalue weighted by Crippen LogP contribution is -2.37. The fourth-order valence-corrected chi connectivity index (χ4v) is 4.60. The highest BCUT2D eigenvalue weighted by Gasteiger charge is 2.38. The summed E-state index contributed by atoms with van der Waals surface area (Å²) >= 11 is 0. The van der Waals surface area contributed by atoms with Crippen LogP contribution >= 0.6 is 0 Å². The molecule has 0 atom stereocenters. The van der Waals surface area contributed by atoms with Crippen LogP contribution in [-0.4, -0.2) is 73.0 Å². The Labute approximate surface area is 259 Å². The summed E-state index contributed by atoms with van der Waals surface area (Å²) in [6.07, 6.45) is -7.60. The van der Waals surface area contributed by atoms with Gasteiger partial charge in [-0.25, -0.2) is 23.5 Å². The number of hydrogen-bond acceptors (Lipinski definition) is 8. The quantitative estimate of drug-likeness (QED) is 0.196. The summed E-state index contributed by atoms with van der Waals surface area (Å²) in [5, 5.41) is 10.3. The average Bonchev–Trinajstić information content (AvgIpc) is 3.65. The fraction of sp³-hybridized carbons (Fsp3) is 0.321. The van der Waals surface area contributed by atoms with Crippen molar-refractivity contribution in [1.29, 1.82) is 0 Å². The van der Waals surface area contributed by atoms with Crippen LogP contribution in [-0.2, 0) is 35.2 Å². The first-order valence-corrected chi connectivity index (χ1v) is 13.8. The lowest BCUT2D eigenvalue weighted by atomic mass is 10.1. The van der Waals surface area contributed by atoms with E-state index in [0.29, 0.717) is 79.1 Å². The van der Waals surface area contributed by atoms with Gasteiger partial charge in [-0.1, -0.05) is 18.2 Å². The molecule has 3 aromatic heterocycles. The molecular weight excluding hydrogens is 648 g/mol. The van der Waals surface area contributed by atoms with Crippen LogP contribution in [0.2, 0.25) is 0 Å². The first kappa shape index (κ1) is 33.3. The molecule has 1 fully saturated rings. The molecule has 2 aromatic carbocycles. The van der Waals surface area contributed by atoms with Crippen molar-refractivity contribution in [3.8, 4) is 0 Å². The number of hydrogen-bond donors (Lipinski definition) is 3. The minimum Gasteiger partial charge on any atom is -0.475 e. The van der Waals surface area contributed by atoms with E-state index in [4.69, 9.17) is 19.6 Å². The van der Waals surface area contributed by atoms with E-state index in [1.807, 2.05) is 4.90 Å². The first-order valence-electron chi connectivity index (χ1n) is 13.8. The number of morpholine rings is 1. The third-order valence-electron chi connectivity index (χ3n) is 6.90. The molecule has 47 heavy (non-hydrogen) atoms. The van der Waals surface area contributed by atoms with Gasteiger partial charge in [0.2, 0.25) is 5.95 Å².